The first-order valence-corrected chi connectivity index (χ1v) is 7.16. The van der Waals surface area contributed by atoms with Crippen molar-refractivity contribution in [1.82, 2.24) is 0 Å². The molecule has 1 saturated heterocycles. The third-order valence-corrected chi connectivity index (χ3v) is 5.23. The van der Waals surface area contributed by atoms with Crippen LogP contribution in [-0.4, -0.2) is 30.5 Å². The molecule has 2 fully saturated rings. The minimum Gasteiger partial charge on any atom is -0.389 e. The second kappa shape index (κ2) is 5.25. The predicted molar refractivity (Wildman–Crippen MR) is 68.7 cm³/mol. The van der Waals surface area contributed by atoms with Gasteiger partial charge in [0.05, 0.1) is 12.2 Å². The average Bonchev–Trinajstić information content (AvgIpc) is 2.76. The lowest BCUT2D eigenvalue weighted by molar-refractivity contribution is -0.0939. The van der Waals surface area contributed by atoms with E-state index in [9.17, 15) is 5.11 Å². The second-order valence-electron chi connectivity index (χ2n) is 6.02. The lowest BCUT2D eigenvalue weighted by Gasteiger charge is -2.43. The topological polar surface area (TPSA) is 55.5 Å². The Morgan fingerprint density at radius 3 is 2.71 bits per heavy atom. The van der Waals surface area contributed by atoms with Crippen LogP contribution in [0, 0.1) is 11.3 Å². The first-order chi connectivity index (χ1) is 8.16. The summed E-state index contributed by atoms with van der Waals surface area (Å²) in [6, 6.07) is 0. The van der Waals surface area contributed by atoms with E-state index < -0.39 is 5.60 Å². The Balaban J connectivity index is 2.11. The van der Waals surface area contributed by atoms with Gasteiger partial charge in [0.1, 0.15) is 0 Å². The fourth-order valence-electron chi connectivity index (χ4n) is 3.66. The molecule has 0 radical (unpaired) electrons. The van der Waals surface area contributed by atoms with Crippen molar-refractivity contribution >= 4 is 0 Å². The maximum atomic E-state index is 11.1. The predicted octanol–water partition coefficient (Wildman–Crippen LogP) is 2.07. The Bertz CT molecular complexity index is 251. The van der Waals surface area contributed by atoms with E-state index in [4.69, 9.17) is 10.5 Å². The van der Waals surface area contributed by atoms with Crippen molar-refractivity contribution in [2.24, 2.45) is 17.1 Å². The quantitative estimate of drug-likeness (QED) is 0.744. The lowest BCUT2D eigenvalue weighted by Crippen LogP contribution is -2.53. The molecule has 100 valence electrons. The van der Waals surface area contributed by atoms with E-state index >= 15 is 0 Å². The van der Waals surface area contributed by atoms with Crippen LogP contribution >= 0.6 is 0 Å². The largest absolute Gasteiger partial charge is 0.389 e. The molecular weight excluding hydrogens is 214 g/mol. The van der Waals surface area contributed by atoms with Crippen LogP contribution in [0.5, 0.6) is 0 Å². The molecule has 3 N–H and O–H groups in total. The van der Waals surface area contributed by atoms with Crippen LogP contribution in [0.3, 0.4) is 0 Å². The van der Waals surface area contributed by atoms with Gasteiger partial charge in [0.2, 0.25) is 0 Å². The highest BCUT2D eigenvalue weighted by molar-refractivity contribution is 5.02. The number of hydrogen-bond donors (Lipinski definition) is 2. The molecule has 1 aliphatic carbocycles. The summed E-state index contributed by atoms with van der Waals surface area (Å²) in [5, 5.41) is 11.1. The fourth-order valence-corrected chi connectivity index (χ4v) is 3.66. The van der Waals surface area contributed by atoms with Gasteiger partial charge in [0.15, 0.2) is 0 Å². The van der Waals surface area contributed by atoms with Gasteiger partial charge in [-0.1, -0.05) is 26.2 Å². The Kier molecular flexibility index (Phi) is 4.11. The Hall–Kier alpha value is -0.120. The van der Waals surface area contributed by atoms with Crippen molar-refractivity contribution in [3.8, 4) is 0 Å². The summed E-state index contributed by atoms with van der Waals surface area (Å²) in [5.41, 5.74) is 5.21. The first-order valence-electron chi connectivity index (χ1n) is 7.16. The fraction of sp³-hybridized carbons (Fsp3) is 1.00. The highest BCUT2D eigenvalue weighted by Crippen LogP contribution is 2.47. The second-order valence-corrected chi connectivity index (χ2v) is 6.02. The summed E-state index contributed by atoms with van der Waals surface area (Å²) in [4.78, 5) is 0. The third-order valence-electron chi connectivity index (χ3n) is 5.23. The zero-order valence-corrected chi connectivity index (χ0v) is 11.1. The van der Waals surface area contributed by atoms with E-state index in [0.717, 1.165) is 44.6 Å². The summed E-state index contributed by atoms with van der Waals surface area (Å²) < 4.78 is 5.52. The van der Waals surface area contributed by atoms with Crippen LogP contribution in [0.15, 0.2) is 0 Å². The van der Waals surface area contributed by atoms with Gasteiger partial charge < -0.3 is 15.6 Å². The SMILES string of the molecule is CCC1CCCC(O)(C2(CN)CCOC2)CC1. The third kappa shape index (κ3) is 2.38. The van der Waals surface area contributed by atoms with Crippen molar-refractivity contribution < 1.29 is 9.84 Å². The van der Waals surface area contributed by atoms with Crippen LogP contribution in [0.4, 0.5) is 0 Å². The molecular formula is C14H27NO2. The van der Waals surface area contributed by atoms with Gasteiger partial charge in [-0.25, -0.2) is 0 Å². The Morgan fingerprint density at radius 2 is 2.12 bits per heavy atom. The summed E-state index contributed by atoms with van der Waals surface area (Å²) in [6.07, 6.45) is 7.53. The number of ether oxygens (including phenoxy) is 1. The van der Waals surface area contributed by atoms with Gasteiger partial charge in [0, 0.05) is 18.6 Å². The molecule has 0 aromatic rings. The molecule has 0 amide bonds. The maximum Gasteiger partial charge on any atom is 0.0738 e. The van der Waals surface area contributed by atoms with Crippen LogP contribution in [0.25, 0.3) is 0 Å². The van der Waals surface area contributed by atoms with Gasteiger partial charge in [-0.15, -0.1) is 0 Å². The zero-order valence-electron chi connectivity index (χ0n) is 11.1. The maximum absolute atomic E-state index is 11.1. The Labute approximate surface area is 105 Å². The van der Waals surface area contributed by atoms with Crippen molar-refractivity contribution in [1.29, 1.82) is 0 Å². The number of aliphatic hydroxyl groups is 1. The van der Waals surface area contributed by atoms with Gasteiger partial charge in [0.25, 0.3) is 0 Å². The molecule has 0 bridgehead atoms. The molecule has 3 nitrogen and oxygen atoms in total. The van der Waals surface area contributed by atoms with Crippen LogP contribution in [-0.2, 0) is 4.74 Å². The summed E-state index contributed by atoms with van der Waals surface area (Å²) in [6.45, 7) is 4.22. The zero-order chi connectivity index (χ0) is 12.4. The molecule has 1 aliphatic heterocycles. The number of hydrogen-bond acceptors (Lipinski definition) is 3. The standard InChI is InChI=1S/C14H27NO2/c1-2-12-4-3-6-14(16,7-5-12)13(10-15)8-9-17-11-13/h12,16H,2-11,15H2,1H3. The summed E-state index contributed by atoms with van der Waals surface area (Å²) in [5.74, 6) is 0.793. The van der Waals surface area contributed by atoms with Gasteiger partial charge in [-0.05, 0) is 31.6 Å². The Morgan fingerprint density at radius 1 is 1.29 bits per heavy atom. The van der Waals surface area contributed by atoms with Gasteiger partial charge >= 0.3 is 0 Å². The van der Waals surface area contributed by atoms with E-state index in [1.54, 1.807) is 0 Å². The minimum atomic E-state index is -0.581. The lowest BCUT2D eigenvalue weighted by atomic mass is 9.67. The van der Waals surface area contributed by atoms with Crippen molar-refractivity contribution in [2.75, 3.05) is 19.8 Å². The van der Waals surface area contributed by atoms with E-state index in [-0.39, 0.29) is 5.41 Å². The number of rotatable bonds is 3. The molecule has 1 heterocycles. The van der Waals surface area contributed by atoms with E-state index in [2.05, 4.69) is 6.92 Å². The smallest absolute Gasteiger partial charge is 0.0738 e. The van der Waals surface area contributed by atoms with Crippen molar-refractivity contribution in [2.45, 2.75) is 57.5 Å². The number of nitrogens with two attached hydrogens (primary N) is 1. The normalized spacial score (nSPS) is 43.6. The molecule has 3 unspecified atom stereocenters. The van der Waals surface area contributed by atoms with E-state index in [1.807, 2.05) is 0 Å². The van der Waals surface area contributed by atoms with E-state index in [0.29, 0.717) is 13.2 Å². The van der Waals surface area contributed by atoms with Crippen molar-refractivity contribution in [3.63, 3.8) is 0 Å². The molecule has 2 rings (SSSR count). The molecule has 3 heteroatoms. The molecule has 2 aliphatic rings. The van der Waals surface area contributed by atoms with Crippen LogP contribution < -0.4 is 5.73 Å². The van der Waals surface area contributed by atoms with Gasteiger partial charge in [-0.3, -0.25) is 0 Å². The summed E-state index contributed by atoms with van der Waals surface area (Å²) in [7, 11) is 0. The molecule has 1 saturated carbocycles. The van der Waals surface area contributed by atoms with Gasteiger partial charge in [-0.2, -0.15) is 0 Å². The first kappa shape index (κ1) is 13.3. The average molecular weight is 241 g/mol. The molecule has 0 aromatic heterocycles. The van der Waals surface area contributed by atoms with Crippen LogP contribution in [0.1, 0.15) is 51.9 Å². The monoisotopic (exact) mass is 241 g/mol. The molecule has 3 atom stereocenters. The van der Waals surface area contributed by atoms with Crippen molar-refractivity contribution in [3.05, 3.63) is 0 Å². The molecule has 0 aromatic carbocycles. The molecule has 0 spiro atoms. The van der Waals surface area contributed by atoms with E-state index in [1.165, 1.54) is 12.8 Å². The minimum absolute atomic E-state index is 0.171. The molecule has 17 heavy (non-hydrogen) atoms. The van der Waals surface area contributed by atoms with Crippen LogP contribution in [0.2, 0.25) is 0 Å². The highest BCUT2D eigenvalue weighted by atomic mass is 16.5. The summed E-state index contributed by atoms with van der Waals surface area (Å²) >= 11 is 0. The highest BCUT2D eigenvalue weighted by Gasteiger charge is 2.51.